The first-order chi connectivity index (χ1) is 16.2. The fraction of sp³-hybridized carbons (Fsp3) is 0.0400. The Bertz CT molecular complexity index is 1530. The molecule has 0 fully saturated rings. The van der Waals surface area contributed by atoms with Gasteiger partial charge in [0.15, 0.2) is 0 Å². The van der Waals surface area contributed by atoms with Crippen molar-refractivity contribution >= 4 is 34.1 Å². The van der Waals surface area contributed by atoms with Crippen LogP contribution in [0.1, 0.15) is 11.1 Å². The molecule has 7 nitrogen and oxygen atoms in total. The van der Waals surface area contributed by atoms with Crippen molar-refractivity contribution in [1.82, 2.24) is 9.66 Å². The Kier molecular flexibility index (Phi) is 5.65. The molecule has 5 rings (SSSR count). The van der Waals surface area contributed by atoms with Gasteiger partial charge in [0.25, 0.3) is 5.69 Å². The van der Waals surface area contributed by atoms with E-state index >= 15 is 0 Å². The fourth-order valence-electron chi connectivity index (χ4n) is 3.56. The van der Waals surface area contributed by atoms with Crippen LogP contribution in [0.25, 0.3) is 22.2 Å². The van der Waals surface area contributed by atoms with E-state index in [0.29, 0.717) is 16.9 Å². The smallest absolute Gasteiger partial charge is 0.270 e. The van der Waals surface area contributed by atoms with Crippen LogP contribution >= 0.6 is 11.3 Å². The molecule has 0 aliphatic heterocycles. The van der Waals surface area contributed by atoms with Gasteiger partial charge in [-0.05, 0) is 11.6 Å². The van der Waals surface area contributed by atoms with Crippen molar-refractivity contribution in [1.29, 1.82) is 0 Å². The zero-order valence-electron chi connectivity index (χ0n) is 17.5. The third-order valence-corrected chi connectivity index (χ3v) is 6.07. The number of thiazole rings is 1. The molecule has 0 amide bonds. The van der Waals surface area contributed by atoms with Crippen LogP contribution in [0.2, 0.25) is 0 Å². The lowest BCUT2D eigenvalue weighted by Gasteiger charge is -2.04. The number of benzene rings is 3. The summed E-state index contributed by atoms with van der Waals surface area (Å²) in [5.74, 6) is 0. The molecule has 0 aliphatic carbocycles. The van der Waals surface area contributed by atoms with Crippen molar-refractivity contribution in [3.05, 3.63) is 116 Å². The minimum atomic E-state index is -0.393. The Morgan fingerprint density at radius 2 is 1.85 bits per heavy atom. The van der Waals surface area contributed by atoms with E-state index in [-0.39, 0.29) is 5.69 Å². The maximum Gasteiger partial charge on any atom is 0.270 e. The summed E-state index contributed by atoms with van der Waals surface area (Å²) in [4.78, 5) is 19.6. The van der Waals surface area contributed by atoms with Gasteiger partial charge in [-0.1, -0.05) is 60.7 Å². The zero-order chi connectivity index (χ0) is 22.6. The molecule has 3 aromatic carbocycles. The maximum atomic E-state index is 11.3. The van der Waals surface area contributed by atoms with E-state index in [1.54, 1.807) is 23.0 Å². The molecule has 0 saturated heterocycles. The number of fused-ring (bicyclic) bond motifs is 1. The summed E-state index contributed by atoms with van der Waals surface area (Å²) in [6.45, 7) is 0.512. The number of para-hydroxylation sites is 1. The Hall–Kier alpha value is -4.30. The van der Waals surface area contributed by atoms with E-state index in [1.807, 2.05) is 72.2 Å². The molecular weight excluding hydrogens is 434 g/mol. The second kappa shape index (κ2) is 9.05. The van der Waals surface area contributed by atoms with Crippen LogP contribution in [-0.4, -0.2) is 20.8 Å². The molecule has 2 aromatic heterocycles. The Morgan fingerprint density at radius 1 is 1.03 bits per heavy atom. The number of H-pyrrole nitrogens is 1. The van der Waals surface area contributed by atoms with E-state index in [0.717, 1.165) is 27.7 Å². The van der Waals surface area contributed by atoms with E-state index in [1.165, 1.54) is 17.4 Å². The summed E-state index contributed by atoms with van der Waals surface area (Å²) in [6.07, 6.45) is 3.70. The molecule has 0 atom stereocenters. The van der Waals surface area contributed by atoms with Crippen LogP contribution in [0.3, 0.4) is 0 Å². The minimum Gasteiger partial charge on any atom is -0.361 e. The van der Waals surface area contributed by atoms with E-state index in [9.17, 15) is 10.1 Å². The first kappa shape index (κ1) is 20.6. The Morgan fingerprint density at radius 3 is 2.70 bits per heavy atom. The van der Waals surface area contributed by atoms with Crippen LogP contribution in [-0.2, 0) is 6.54 Å². The average molecular weight is 454 g/mol. The van der Waals surface area contributed by atoms with E-state index in [4.69, 9.17) is 10.1 Å². The van der Waals surface area contributed by atoms with Gasteiger partial charge in [-0.15, -0.1) is 11.3 Å². The number of non-ortho nitro benzene ring substituents is 1. The van der Waals surface area contributed by atoms with Gasteiger partial charge in [-0.2, -0.15) is 5.10 Å². The highest BCUT2D eigenvalue weighted by atomic mass is 32.1. The first-order valence-corrected chi connectivity index (χ1v) is 11.2. The molecule has 162 valence electrons. The molecule has 8 heteroatoms. The molecule has 0 aliphatic rings. The summed E-state index contributed by atoms with van der Waals surface area (Å²) in [6, 6.07) is 24.6. The summed E-state index contributed by atoms with van der Waals surface area (Å²) in [5, 5.41) is 19.0. The van der Waals surface area contributed by atoms with Crippen LogP contribution in [0.4, 0.5) is 5.69 Å². The Balaban J connectivity index is 1.60. The van der Waals surface area contributed by atoms with Crippen molar-refractivity contribution in [2.45, 2.75) is 6.54 Å². The third kappa shape index (κ3) is 4.37. The van der Waals surface area contributed by atoms with Crippen molar-refractivity contribution in [2.24, 2.45) is 10.1 Å². The minimum absolute atomic E-state index is 0.0358. The summed E-state index contributed by atoms with van der Waals surface area (Å²) >= 11 is 1.45. The molecule has 33 heavy (non-hydrogen) atoms. The molecule has 0 radical (unpaired) electrons. The van der Waals surface area contributed by atoms with Crippen LogP contribution in [0.5, 0.6) is 0 Å². The lowest BCUT2D eigenvalue weighted by atomic mass is 10.1. The highest BCUT2D eigenvalue weighted by Crippen LogP contribution is 2.25. The SMILES string of the molecule is O=[N+]([O-])c1cccc(-c2csc(=NCc3ccccc3)n2N=Cc2c[nH]c3ccccc23)c1. The predicted octanol–water partition coefficient (Wildman–Crippen LogP) is 5.59. The van der Waals surface area contributed by atoms with Crippen molar-refractivity contribution < 1.29 is 4.92 Å². The van der Waals surface area contributed by atoms with Crippen molar-refractivity contribution in [3.8, 4) is 11.3 Å². The molecule has 2 heterocycles. The second-order valence-electron chi connectivity index (χ2n) is 7.36. The number of nitrogens with one attached hydrogen (secondary N) is 1. The Labute approximate surface area is 193 Å². The third-order valence-electron chi connectivity index (χ3n) is 5.21. The van der Waals surface area contributed by atoms with Crippen LogP contribution in [0.15, 0.2) is 101 Å². The number of nitrogens with zero attached hydrogens (tertiary/aromatic N) is 4. The maximum absolute atomic E-state index is 11.3. The summed E-state index contributed by atoms with van der Waals surface area (Å²) < 4.78 is 1.74. The highest BCUT2D eigenvalue weighted by Gasteiger charge is 2.12. The average Bonchev–Trinajstić information content (AvgIpc) is 3.46. The van der Waals surface area contributed by atoms with E-state index in [2.05, 4.69) is 4.98 Å². The van der Waals surface area contributed by atoms with Gasteiger partial charge in [0.1, 0.15) is 0 Å². The summed E-state index contributed by atoms with van der Waals surface area (Å²) in [5.41, 5.74) is 4.55. The molecule has 0 saturated carbocycles. The highest BCUT2D eigenvalue weighted by molar-refractivity contribution is 7.07. The van der Waals surface area contributed by atoms with Crippen LogP contribution in [0, 0.1) is 10.1 Å². The fourth-order valence-corrected chi connectivity index (χ4v) is 4.40. The van der Waals surface area contributed by atoms with Gasteiger partial charge in [-0.25, -0.2) is 4.68 Å². The number of nitro groups is 1. The lowest BCUT2D eigenvalue weighted by Crippen LogP contribution is -2.12. The van der Waals surface area contributed by atoms with Gasteiger partial charge in [0, 0.05) is 45.7 Å². The van der Waals surface area contributed by atoms with Gasteiger partial charge < -0.3 is 4.98 Å². The van der Waals surface area contributed by atoms with E-state index < -0.39 is 4.92 Å². The number of nitro benzene ring substituents is 1. The van der Waals surface area contributed by atoms with Gasteiger partial charge >= 0.3 is 0 Å². The number of aromatic nitrogens is 2. The van der Waals surface area contributed by atoms with Gasteiger partial charge in [-0.3, -0.25) is 15.1 Å². The molecule has 0 spiro atoms. The number of aromatic amines is 1. The molecule has 0 unspecified atom stereocenters. The van der Waals surface area contributed by atoms with Crippen molar-refractivity contribution in [2.75, 3.05) is 0 Å². The topological polar surface area (TPSA) is 88.6 Å². The standard InChI is InChI=1S/C25H19N5O2S/c31-30(32)21-10-6-9-19(13-21)24-17-33-25(27-14-18-7-2-1-3-8-18)29(24)28-16-20-15-26-23-12-5-4-11-22(20)23/h1-13,15-17,26H,14H2. The quantitative estimate of drug-likeness (QED) is 0.206. The second-order valence-corrected chi connectivity index (χ2v) is 8.20. The number of hydrogen-bond donors (Lipinski definition) is 1. The molecule has 5 aromatic rings. The van der Waals surface area contributed by atoms with Gasteiger partial charge in [0.05, 0.1) is 23.4 Å². The molecule has 1 N–H and O–H groups in total. The monoisotopic (exact) mass is 453 g/mol. The largest absolute Gasteiger partial charge is 0.361 e. The molecular formula is C25H19N5O2S. The zero-order valence-corrected chi connectivity index (χ0v) is 18.3. The van der Waals surface area contributed by atoms with Gasteiger partial charge in [0.2, 0.25) is 4.80 Å². The van der Waals surface area contributed by atoms with Crippen molar-refractivity contribution in [3.63, 3.8) is 0 Å². The predicted molar refractivity (Wildman–Crippen MR) is 131 cm³/mol. The number of rotatable bonds is 6. The summed E-state index contributed by atoms with van der Waals surface area (Å²) in [7, 11) is 0. The number of hydrogen-bond acceptors (Lipinski definition) is 5. The molecule has 0 bridgehead atoms. The normalized spacial score (nSPS) is 12.1. The first-order valence-electron chi connectivity index (χ1n) is 10.3. The lowest BCUT2D eigenvalue weighted by molar-refractivity contribution is -0.384. The van der Waals surface area contributed by atoms with Crippen LogP contribution < -0.4 is 4.80 Å².